The molecule has 0 spiro atoms. The number of ether oxygens (including phenoxy) is 2. The molecule has 3 aromatic carbocycles. The summed E-state index contributed by atoms with van der Waals surface area (Å²) in [5.74, 6) is 6.02. The number of carbonyl (C=O) groups is 2. The predicted molar refractivity (Wildman–Crippen MR) is 191 cm³/mol. The first-order valence-corrected chi connectivity index (χ1v) is 22.7. The number of benzene rings is 3. The largest absolute Gasteiger partial charge is 0.488 e. The summed E-state index contributed by atoms with van der Waals surface area (Å²) in [5, 5.41) is 12.5. The van der Waals surface area contributed by atoms with Crippen molar-refractivity contribution in [3.8, 4) is 39.8 Å². The highest BCUT2D eigenvalue weighted by Gasteiger charge is 2.31. The Balaban J connectivity index is 1.55. The summed E-state index contributed by atoms with van der Waals surface area (Å²) < 4.78 is 11.6. The molecule has 0 bridgehead atoms. The Morgan fingerprint density at radius 3 is 1.76 bits per heavy atom. The van der Waals surface area contributed by atoms with Crippen LogP contribution in [-0.4, -0.2) is 51.6 Å². The maximum absolute atomic E-state index is 13.0. The summed E-state index contributed by atoms with van der Waals surface area (Å²) in [6, 6.07) is 18.5. The van der Waals surface area contributed by atoms with Crippen molar-refractivity contribution in [2.24, 2.45) is 0 Å². The van der Waals surface area contributed by atoms with Gasteiger partial charge in [0.1, 0.15) is 40.1 Å². The fourth-order valence-corrected chi connectivity index (χ4v) is 6.08. The quantitative estimate of drug-likeness (QED) is 0.201. The monoisotopic (exact) mass is 651 g/mol. The molecule has 0 aromatic heterocycles. The van der Waals surface area contributed by atoms with Crippen molar-refractivity contribution >= 4 is 28.2 Å². The number of nitrogens with one attached hydrogen (secondary N) is 1. The van der Waals surface area contributed by atoms with Crippen molar-refractivity contribution in [3.63, 3.8) is 0 Å². The van der Waals surface area contributed by atoms with Gasteiger partial charge >= 0.3 is 12.1 Å². The van der Waals surface area contributed by atoms with Crippen molar-refractivity contribution in [2.75, 3.05) is 6.61 Å². The second-order valence-electron chi connectivity index (χ2n) is 14.9. The molecule has 0 heterocycles. The lowest BCUT2D eigenvalue weighted by molar-refractivity contribution is -0.139. The normalized spacial score (nSPS) is 13.2. The number of hydrogen-bond acceptors (Lipinski definition) is 4. The zero-order chi connectivity index (χ0) is 33.9. The van der Waals surface area contributed by atoms with Gasteiger partial charge in [-0.05, 0) is 85.0 Å². The Bertz CT molecular complexity index is 1660. The third kappa shape index (κ3) is 9.88. The first-order valence-electron chi connectivity index (χ1n) is 15.7. The van der Waals surface area contributed by atoms with Crippen LogP contribution in [0, 0.1) is 22.9 Å². The molecule has 1 amide bonds. The predicted octanol–water partition coefficient (Wildman–Crippen LogP) is 7.86. The van der Waals surface area contributed by atoms with Crippen molar-refractivity contribution in [1.82, 2.24) is 5.32 Å². The fraction of sp³-hybridized carbons (Fsp3) is 0.368. The average molecular weight is 652 g/mol. The van der Waals surface area contributed by atoms with E-state index in [2.05, 4.69) is 91.8 Å². The Labute approximate surface area is 275 Å². The summed E-state index contributed by atoms with van der Waals surface area (Å²) in [7, 11) is -3.16. The van der Waals surface area contributed by atoms with Crippen LogP contribution in [0.15, 0.2) is 60.7 Å². The summed E-state index contributed by atoms with van der Waals surface area (Å²) in [6.45, 7) is 19.2. The Hall–Kier alpha value is -4.25. The standard InChI is InChI=1S/C38H45NO5Si2/c1-38(2,3)44-29-14-10-26(11-15-29)24-35(36(40)41)39-37(42)43-25-34-32-22-27(18-20-45(4,5)6)12-16-30(32)31-17-13-28(23-33(31)34)19-21-46(7,8)9/h10-17,22-23,34-35H,24-25H2,1-9H3,(H,39,42)(H,40,41)/t35-/m0/s1. The van der Waals surface area contributed by atoms with E-state index in [0.717, 1.165) is 38.9 Å². The molecule has 0 radical (unpaired) electrons. The van der Waals surface area contributed by atoms with Gasteiger partial charge in [-0.1, -0.05) is 75.4 Å². The summed E-state index contributed by atoms with van der Waals surface area (Å²) >= 11 is 0. The van der Waals surface area contributed by atoms with Crippen LogP contribution in [0.1, 0.15) is 54.5 Å². The first-order chi connectivity index (χ1) is 21.4. The molecular formula is C38H45NO5Si2. The van der Waals surface area contributed by atoms with Gasteiger partial charge in [-0.25, -0.2) is 9.59 Å². The van der Waals surface area contributed by atoms with Crippen LogP contribution in [0.2, 0.25) is 39.3 Å². The van der Waals surface area contributed by atoms with Gasteiger partial charge in [0.2, 0.25) is 0 Å². The van der Waals surface area contributed by atoms with Gasteiger partial charge in [0, 0.05) is 23.5 Å². The summed E-state index contributed by atoms with van der Waals surface area (Å²) in [6.07, 6.45) is -0.674. The topological polar surface area (TPSA) is 84.9 Å². The zero-order valence-electron chi connectivity index (χ0n) is 28.4. The van der Waals surface area contributed by atoms with Crippen LogP contribution < -0.4 is 10.1 Å². The lowest BCUT2D eigenvalue weighted by atomic mass is 9.96. The number of carboxylic acids is 1. The van der Waals surface area contributed by atoms with E-state index in [9.17, 15) is 14.7 Å². The minimum absolute atomic E-state index is 0.0484. The van der Waals surface area contributed by atoms with E-state index in [1.54, 1.807) is 12.1 Å². The SMILES string of the molecule is CC(C)(C)Oc1ccc(C[C@H](NC(=O)OCC2c3cc(C#C[Si](C)(C)C)ccc3-c3ccc(C#C[Si](C)(C)C)cc32)C(=O)O)cc1. The second-order valence-corrected chi connectivity index (χ2v) is 24.4. The zero-order valence-corrected chi connectivity index (χ0v) is 30.4. The molecule has 6 nitrogen and oxygen atoms in total. The Kier molecular flexibility index (Phi) is 10.3. The van der Waals surface area contributed by atoms with Gasteiger partial charge in [-0.2, -0.15) is 0 Å². The third-order valence-electron chi connectivity index (χ3n) is 7.07. The maximum Gasteiger partial charge on any atom is 0.407 e. The maximum atomic E-state index is 13.0. The van der Waals surface area contributed by atoms with E-state index in [-0.39, 0.29) is 24.5 Å². The van der Waals surface area contributed by atoms with E-state index in [0.29, 0.717) is 5.75 Å². The number of aliphatic carboxylic acids is 1. The lowest BCUT2D eigenvalue weighted by Gasteiger charge is -2.21. The van der Waals surface area contributed by atoms with Crippen molar-refractivity contribution < 1.29 is 24.2 Å². The van der Waals surface area contributed by atoms with Crippen molar-refractivity contribution in [3.05, 3.63) is 88.5 Å². The first kappa shape index (κ1) is 34.6. The Morgan fingerprint density at radius 2 is 1.33 bits per heavy atom. The number of rotatable bonds is 7. The number of amides is 1. The number of hydrogen-bond donors (Lipinski definition) is 2. The van der Waals surface area contributed by atoms with Gasteiger partial charge < -0.3 is 19.9 Å². The molecule has 3 aromatic rings. The molecule has 0 fully saturated rings. The van der Waals surface area contributed by atoms with E-state index >= 15 is 0 Å². The highest BCUT2D eigenvalue weighted by Crippen LogP contribution is 2.45. The highest BCUT2D eigenvalue weighted by molar-refractivity contribution is 6.84. The molecule has 46 heavy (non-hydrogen) atoms. The molecule has 4 rings (SSSR count). The third-order valence-corrected chi connectivity index (χ3v) is 8.82. The molecule has 1 aliphatic rings. The number of carbonyl (C=O) groups excluding carboxylic acids is 1. The van der Waals surface area contributed by atoms with Crippen LogP contribution in [0.25, 0.3) is 11.1 Å². The average Bonchev–Trinajstić information content (AvgIpc) is 3.25. The fourth-order valence-electron chi connectivity index (χ4n) is 5.04. The van der Waals surface area contributed by atoms with E-state index in [4.69, 9.17) is 9.47 Å². The minimum Gasteiger partial charge on any atom is -0.488 e. The van der Waals surface area contributed by atoms with Crippen molar-refractivity contribution in [1.29, 1.82) is 0 Å². The van der Waals surface area contributed by atoms with Gasteiger partial charge in [0.05, 0.1) is 0 Å². The molecular weight excluding hydrogens is 607 g/mol. The van der Waals surface area contributed by atoms with Crippen LogP contribution in [0.3, 0.4) is 0 Å². The molecule has 1 atom stereocenters. The summed E-state index contributed by atoms with van der Waals surface area (Å²) in [4.78, 5) is 25.2. The smallest absolute Gasteiger partial charge is 0.407 e. The van der Waals surface area contributed by atoms with Crippen LogP contribution >= 0.6 is 0 Å². The van der Waals surface area contributed by atoms with Gasteiger partial charge in [-0.15, -0.1) is 11.1 Å². The van der Waals surface area contributed by atoms with Gasteiger partial charge in [-0.3, -0.25) is 0 Å². The number of carboxylic acid groups (broad SMARTS) is 1. The van der Waals surface area contributed by atoms with Crippen LogP contribution in [0.5, 0.6) is 5.75 Å². The van der Waals surface area contributed by atoms with Crippen molar-refractivity contribution in [2.45, 2.75) is 84.0 Å². The van der Waals surface area contributed by atoms with Gasteiger partial charge in [0.15, 0.2) is 0 Å². The molecule has 8 heteroatoms. The van der Waals surface area contributed by atoms with E-state index in [1.165, 1.54) is 0 Å². The molecule has 0 saturated carbocycles. The molecule has 1 aliphatic carbocycles. The van der Waals surface area contributed by atoms with E-state index < -0.39 is 34.3 Å². The molecule has 2 N–H and O–H groups in total. The number of fused-ring (bicyclic) bond motifs is 3. The minimum atomic E-state index is -1.58. The van der Waals surface area contributed by atoms with Gasteiger partial charge in [0.25, 0.3) is 0 Å². The molecule has 240 valence electrons. The molecule has 0 saturated heterocycles. The summed E-state index contributed by atoms with van der Waals surface area (Å²) in [5.41, 5.74) is 13.4. The van der Waals surface area contributed by atoms with Crippen LogP contribution in [0.4, 0.5) is 4.79 Å². The second kappa shape index (κ2) is 13.6. The molecule has 0 unspecified atom stereocenters. The highest BCUT2D eigenvalue weighted by atomic mass is 28.3. The van der Waals surface area contributed by atoms with Crippen LogP contribution in [-0.2, 0) is 16.0 Å². The van der Waals surface area contributed by atoms with E-state index in [1.807, 2.05) is 45.0 Å². The molecule has 0 aliphatic heterocycles. The Morgan fingerprint density at radius 1 is 0.826 bits per heavy atom. The number of alkyl carbamates (subject to hydrolysis) is 1. The lowest BCUT2D eigenvalue weighted by Crippen LogP contribution is -2.42.